The summed E-state index contributed by atoms with van der Waals surface area (Å²) in [5, 5.41) is 3.74. The van der Waals surface area contributed by atoms with Crippen molar-refractivity contribution in [3.63, 3.8) is 0 Å². The van der Waals surface area contributed by atoms with E-state index in [4.69, 9.17) is 27.7 Å². The van der Waals surface area contributed by atoms with Gasteiger partial charge in [0.2, 0.25) is 0 Å². The van der Waals surface area contributed by atoms with Gasteiger partial charge >= 0.3 is 0 Å². The van der Waals surface area contributed by atoms with Gasteiger partial charge in [-0.3, -0.25) is 9.59 Å². The van der Waals surface area contributed by atoms with Gasteiger partial charge in [-0.2, -0.15) is 0 Å². The van der Waals surface area contributed by atoms with Crippen LogP contribution >= 0.6 is 11.3 Å². The molecule has 0 bridgehead atoms. The molecular weight excluding hydrogens is 510 g/mol. The lowest BCUT2D eigenvalue weighted by Crippen LogP contribution is -2.53. The Kier molecular flexibility index (Phi) is 6.19. The summed E-state index contributed by atoms with van der Waals surface area (Å²) < 4.78 is 6.68. The number of anilines is 1. The van der Waals surface area contributed by atoms with Crippen molar-refractivity contribution >= 4 is 38.8 Å². The maximum Gasteiger partial charge on any atom is 0.262 e. The van der Waals surface area contributed by atoms with Crippen LogP contribution in [0.2, 0.25) is 0 Å². The number of para-hydroxylation sites is 1. The van der Waals surface area contributed by atoms with Crippen LogP contribution in [0, 0.1) is 6.92 Å². The summed E-state index contributed by atoms with van der Waals surface area (Å²) in [5.41, 5.74) is 27.7. The van der Waals surface area contributed by atoms with E-state index in [0.717, 1.165) is 24.8 Å². The number of hydrogen-bond acceptors (Lipinski definition) is 8. The molecule has 0 radical (unpaired) electrons. The zero-order valence-corrected chi connectivity index (χ0v) is 22.4. The van der Waals surface area contributed by atoms with Crippen LogP contribution in [0.4, 0.5) is 5.69 Å². The van der Waals surface area contributed by atoms with Crippen LogP contribution in [-0.4, -0.2) is 23.8 Å². The molecule has 2 unspecified atom stereocenters. The Balaban J connectivity index is 1.46. The normalized spacial score (nSPS) is 24.2. The Bertz CT molecular complexity index is 1620. The monoisotopic (exact) mass is 541 g/mol. The number of ketones is 1. The van der Waals surface area contributed by atoms with Crippen LogP contribution in [0.25, 0.3) is 10.1 Å². The van der Waals surface area contributed by atoms with E-state index < -0.39 is 11.6 Å². The van der Waals surface area contributed by atoms with Crippen molar-refractivity contribution in [1.29, 1.82) is 0 Å². The molecule has 2 aliphatic rings. The topological polar surface area (TPSA) is 159 Å². The second-order valence-electron chi connectivity index (χ2n) is 10.5. The minimum absolute atomic E-state index is 0.0934. The molecule has 39 heavy (non-hydrogen) atoms. The van der Waals surface area contributed by atoms with E-state index in [0.29, 0.717) is 48.8 Å². The van der Waals surface area contributed by atoms with Gasteiger partial charge in [0.05, 0.1) is 15.6 Å². The van der Waals surface area contributed by atoms with Crippen LogP contribution in [0.1, 0.15) is 57.2 Å². The van der Waals surface area contributed by atoms with E-state index in [2.05, 4.69) is 5.32 Å². The molecule has 1 fully saturated rings. The molecule has 1 saturated carbocycles. The van der Waals surface area contributed by atoms with Gasteiger partial charge in [0.1, 0.15) is 17.0 Å². The summed E-state index contributed by atoms with van der Waals surface area (Å²) in [7, 11) is 0. The minimum Gasteiger partial charge on any atom is -0.457 e. The second-order valence-corrected chi connectivity index (χ2v) is 11.5. The number of nitrogens with two attached hydrogens (primary N) is 4. The number of aryl methyl sites for hydroxylation is 1. The highest BCUT2D eigenvalue weighted by Crippen LogP contribution is 2.50. The molecule has 1 heterocycles. The number of nitrogen functional groups attached to an aromatic ring is 1. The molecule has 0 saturated heterocycles. The largest absolute Gasteiger partial charge is 0.457 e. The number of hydrogen-bond donors (Lipinski definition) is 5. The molecule has 0 spiro atoms. The SMILES string of the molecule is Cc1cc(Oc2ccccc2)ccc1C1(N)C(=O)C(N)c2c(C(=O)N[C@@H]3CCC[C@@H]3N)sc3c(N)ccc1c23. The Hall–Kier alpha value is -3.76. The summed E-state index contributed by atoms with van der Waals surface area (Å²) in [6, 6.07) is 17.1. The molecule has 1 aromatic heterocycles. The number of Topliss-reactive ketones (excluding diaryl/α,β-unsaturated/α-hetero) is 1. The Morgan fingerprint density at radius 2 is 1.77 bits per heavy atom. The fourth-order valence-electron chi connectivity index (χ4n) is 6.00. The van der Waals surface area contributed by atoms with Crippen molar-refractivity contribution < 1.29 is 14.3 Å². The number of carbonyl (C=O) groups is 2. The quantitative estimate of drug-likeness (QED) is 0.239. The highest BCUT2D eigenvalue weighted by atomic mass is 32.1. The van der Waals surface area contributed by atoms with Gasteiger partial charge in [-0.05, 0) is 73.2 Å². The lowest BCUT2D eigenvalue weighted by molar-refractivity contribution is -0.124. The molecular formula is C30H31N5O3S. The van der Waals surface area contributed by atoms with E-state index >= 15 is 0 Å². The first kappa shape index (κ1) is 25.5. The molecule has 4 atom stereocenters. The van der Waals surface area contributed by atoms with Crippen molar-refractivity contribution in [2.45, 2.75) is 49.9 Å². The molecule has 0 aliphatic heterocycles. The number of ether oxygens (including phenoxy) is 1. The molecule has 1 amide bonds. The summed E-state index contributed by atoms with van der Waals surface area (Å²) in [4.78, 5) is 27.9. The standard InChI is InChI=1S/C30H31N5O3S/c1-15-14-17(38-16-6-3-2-4-7-16)10-11-18(15)30(34)19-12-13-21(32)26-23(19)24(25(33)28(30)36)27(39-26)29(37)35-22-9-5-8-20(22)31/h2-4,6-7,10-14,20,22,25H,5,8-9,31-34H2,1H3,(H,35,37)/t20-,22+,25?,30?/m0/s1. The van der Waals surface area contributed by atoms with Gasteiger partial charge in [0.25, 0.3) is 5.91 Å². The molecule has 2 aliphatic carbocycles. The lowest BCUT2D eigenvalue weighted by Gasteiger charge is -2.37. The number of thiophene rings is 1. The zero-order chi connectivity index (χ0) is 27.5. The van der Waals surface area contributed by atoms with Gasteiger partial charge in [-0.15, -0.1) is 11.3 Å². The number of amides is 1. The maximum atomic E-state index is 14.1. The highest BCUT2D eigenvalue weighted by molar-refractivity contribution is 7.21. The predicted molar refractivity (Wildman–Crippen MR) is 154 cm³/mol. The maximum absolute atomic E-state index is 14.1. The van der Waals surface area contributed by atoms with Crippen molar-refractivity contribution in [2.75, 3.05) is 5.73 Å². The van der Waals surface area contributed by atoms with Crippen LogP contribution in [-0.2, 0) is 10.3 Å². The minimum atomic E-state index is -1.53. The van der Waals surface area contributed by atoms with Crippen molar-refractivity contribution in [3.05, 3.63) is 87.8 Å². The summed E-state index contributed by atoms with van der Waals surface area (Å²) in [6.07, 6.45) is 2.65. The van der Waals surface area contributed by atoms with Crippen LogP contribution in [0.5, 0.6) is 11.5 Å². The highest BCUT2D eigenvalue weighted by Gasteiger charge is 2.49. The molecule has 6 rings (SSSR count). The predicted octanol–water partition coefficient (Wildman–Crippen LogP) is 3.98. The fourth-order valence-corrected chi connectivity index (χ4v) is 7.20. The van der Waals surface area contributed by atoms with Crippen molar-refractivity contribution in [2.24, 2.45) is 17.2 Å². The third kappa shape index (κ3) is 4.01. The first-order chi connectivity index (χ1) is 18.7. The lowest BCUT2D eigenvalue weighted by atomic mass is 9.69. The molecule has 3 aromatic carbocycles. The zero-order valence-electron chi connectivity index (χ0n) is 21.6. The molecule has 9 heteroatoms. The first-order valence-corrected chi connectivity index (χ1v) is 13.9. The molecule has 200 valence electrons. The Morgan fingerprint density at radius 1 is 1.03 bits per heavy atom. The average molecular weight is 542 g/mol. The molecule has 8 nitrogen and oxygen atoms in total. The van der Waals surface area contributed by atoms with Crippen molar-refractivity contribution in [3.8, 4) is 11.5 Å². The van der Waals surface area contributed by atoms with Gasteiger partial charge < -0.3 is 33.0 Å². The Labute approximate surface area is 230 Å². The van der Waals surface area contributed by atoms with E-state index in [1.54, 1.807) is 18.2 Å². The third-order valence-corrected chi connectivity index (χ3v) is 9.26. The Morgan fingerprint density at radius 3 is 2.46 bits per heavy atom. The van der Waals surface area contributed by atoms with Gasteiger partial charge in [-0.25, -0.2) is 0 Å². The number of rotatable bonds is 5. The molecule has 9 N–H and O–H groups in total. The van der Waals surface area contributed by atoms with Gasteiger partial charge in [0, 0.05) is 28.7 Å². The van der Waals surface area contributed by atoms with E-state index in [9.17, 15) is 9.59 Å². The van der Waals surface area contributed by atoms with Crippen LogP contribution < -0.4 is 33.0 Å². The van der Waals surface area contributed by atoms with E-state index in [1.165, 1.54) is 11.3 Å². The third-order valence-electron chi connectivity index (χ3n) is 8.01. The van der Waals surface area contributed by atoms with Crippen molar-refractivity contribution in [1.82, 2.24) is 5.32 Å². The summed E-state index contributed by atoms with van der Waals surface area (Å²) in [5.74, 6) is 0.660. The first-order valence-electron chi connectivity index (χ1n) is 13.0. The second kappa shape index (κ2) is 9.46. The number of carbonyl (C=O) groups excluding carboxylic acids is 2. The van der Waals surface area contributed by atoms with E-state index in [-0.39, 0.29) is 23.8 Å². The fraction of sp³-hybridized carbons (Fsp3) is 0.267. The van der Waals surface area contributed by atoms with Gasteiger partial charge in [0.15, 0.2) is 5.78 Å². The van der Waals surface area contributed by atoms with Crippen LogP contribution in [0.3, 0.4) is 0 Å². The summed E-state index contributed by atoms with van der Waals surface area (Å²) >= 11 is 1.25. The van der Waals surface area contributed by atoms with Gasteiger partial charge in [-0.1, -0.05) is 30.3 Å². The van der Waals surface area contributed by atoms with Crippen LogP contribution in [0.15, 0.2) is 60.7 Å². The van der Waals surface area contributed by atoms with E-state index in [1.807, 2.05) is 49.4 Å². The molecule has 4 aromatic rings. The number of benzene rings is 3. The number of nitrogens with one attached hydrogen (secondary N) is 1. The average Bonchev–Trinajstić information content (AvgIpc) is 3.52. The smallest absolute Gasteiger partial charge is 0.262 e. The summed E-state index contributed by atoms with van der Waals surface area (Å²) in [6.45, 7) is 1.89.